The number of aryl methyl sites for hydroxylation is 1. The fourth-order valence-corrected chi connectivity index (χ4v) is 1.76. The molecule has 1 N–H and O–H groups in total. The van der Waals surface area contributed by atoms with Crippen LogP contribution < -0.4 is 5.32 Å². The van der Waals surface area contributed by atoms with Crippen molar-refractivity contribution in [1.29, 1.82) is 0 Å². The molecule has 0 aromatic heterocycles. The molecule has 1 atom stereocenters. The van der Waals surface area contributed by atoms with Crippen LogP contribution in [0.1, 0.15) is 35.7 Å². The predicted molar refractivity (Wildman–Crippen MR) is 73.1 cm³/mol. The molecule has 0 aliphatic rings. The van der Waals surface area contributed by atoms with Crippen LogP contribution in [-0.2, 0) is 0 Å². The van der Waals surface area contributed by atoms with Crippen molar-refractivity contribution in [3.63, 3.8) is 0 Å². The van der Waals surface area contributed by atoms with Gasteiger partial charge in [0, 0.05) is 22.5 Å². The van der Waals surface area contributed by atoms with Gasteiger partial charge in [-0.25, -0.2) is 0 Å². The number of hydrogen-bond acceptors (Lipinski definition) is 1. The lowest BCUT2D eigenvalue weighted by Gasteiger charge is -2.09. The quantitative estimate of drug-likeness (QED) is 0.813. The van der Waals surface area contributed by atoms with Gasteiger partial charge >= 0.3 is 0 Å². The van der Waals surface area contributed by atoms with Gasteiger partial charge in [0.15, 0.2) is 0 Å². The summed E-state index contributed by atoms with van der Waals surface area (Å²) in [6.45, 7) is 4.51. The Bertz CT molecular complexity index is 393. The highest BCUT2D eigenvalue weighted by Gasteiger charge is 2.09. The Balaban J connectivity index is 2.55. The Labute approximate surface area is 112 Å². The highest BCUT2D eigenvalue weighted by Crippen LogP contribution is 2.15. The average Bonchev–Trinajstić information content (AvgIpc) is 2.31. The van der Waals surface area contributed by atoms with Crippen LogP contribution in [0, 0.1) is 6.92 Å². The van der Waals surface area contributed by atoms with Crippen molar-refractivity contribution in [3.8, 4) is 0 Å². The van der Waals surface area contributed by atoms with Crippen molar-refractivity contribution in [2.45, 2.75) is 32.1 Å². The molecule has 1 aromatic rings. The predicted octanol–water partition coefficient (Wildman–Crippen LogP) is 3.79. The van der Waals surface area contributed by atoms with Crippen molar-refractivity contribution in [1.82, 2.24) is 5.32 Å². The third kappa shape index (κ3) is 4.57. The Morgan fingerprint density at radius 1 is 1.47 bits per heavy atom. The molecule has 0 radical (unpaired) electrons. The molecule has 1 unspecified atom stereocenters. The zero-order chi connectivity index (χ0) is 12.8. The summed E-state index contributed by atoms with van der Waals surface area (Å²) in [6, 6.07) is 5.30. The topological polar surface area (TPSA) is 29.1 Å². The van der Waals surface area contributed by atoms with Crippen LogP contribution in [0.15, 0.2) is 18.2 Å². The molecule has 0 saturated carbocycles. The van der Waals surface area contributed by atoms with Crippen LogP contribution >= 0.6 is 23.2 Å². The van der Waals surface area contributed by atoms with Crippen molar-refractivity contribution in [2.24, 2.45) is 0 Å². The van der Waals surface area contributed by atoms with Crippen LogP contribution in [0.2, 0.25) is 5.02 Å². The fraction of sp³-hybridized carbons (Fsp3) is 0.462. The van der Waals surface area contributed by atoms with Crippen LogP contribution in [-0.4, -0.2) is 17.8 Å². The van der Waals surface area contributed by atoms with E-state index in [1.54, 1.807) is 12.1 Å². The summed E-state index contributed by atoms with van der Waals surface area (Å²) in [6.07, 6.45) is 1.69. The van der Waals surface area contributed by atoms with Crippen molar-refractivity contribution in [3.05, 3.63) is 34.3 Å². The Kier molecular flexibility index (Phi) is 5.79. The maximum Gasteiger partial charge on any atom is 0.251 e. The SMILES string of the molecule is CCC(Cl)CCNC(=O)c1cc(Cl)ccc1C. The van der Waals surface area contributed by atoms with E-state index in [0.29, 0.717) is 17.1 Å². The van der Waals surface area contributed by atoms with Crippen molar-refractivity contribution >= 4 is 29.1 Å². The van der Waals surface area contributed by atoms with E-state index in [1.807, 2.05) is 19.9 Å². The number of carbonyl (C=O) groups excluding carboxylic acids is 1. The normalized spacial score (nSPS) is 12.2. The third-order valence-corrected chi connectivity index (χ3v) is 3.39. The second-order valence-electron chi connectivity index (χ2n) is 4.01. The molecule has 1 amide bonds. The molecule has 0 saturated heterocycles. The van der Waals surface area contributed by atoms with Gasteiger partial charge in [-0.1, -0.05) is 24.6 Å². The molecular weight excluding hydrogens is 257 g/mol. The Morgan fingerprint density at radius 3 is 2.82 bits per heavy atom. The molecule has 0 fully saturated rings. The summed E-state index contributed by atoms with van der Waals surface area (Å²) in [4.78, 5) is 11.9. The molecule has 2 nitrogen and oxygen atoms in total. The number of alkyl halides is 1. The van der Waals surface area contributed by atoms with E-state index in [0.717, 1.165) is 18.4 Å². The molecule has 0 aliphatic carbocycles. The summed E-state index contributed by atoms with van der Waals surface area (Å²) in [5.41, 5.74) is 1.55. The minimum Gasteiger partial charge on any atom is -0.352 e. The largest absolute Gasteiger partial charge is 0.352 e. The molecule has 0 heterocycles. The molecule has 94 valence electrons. The molecule has 0 spiro atoms. The van der Waals surface area contributed by atoms with Gasteiger partial charge in [0.25, 0.3) is 5.91 Å². The minimum absolute atomic E-state index is 0.0926. The van der Waals surface area contributed by atoms with E-state index in [4.69, 9.17) is 23.2 Å². The average molecular weight is 274 g/mol. The third-order valence-electron chi connectivity index (χ3n) is 2.63. The van der Waals surface area contributed by atoms with Gasteiger partial charge in [-0.2, -0.15) is 0 Å². The molecular formula is C13H17Cl2NO. The van der Waals surface area contributed by atoms with Gasteiger partial charge in [-0.15, -0.1) is 11.6 Å². The summed E-state index contributed by atoms with van der Waals surface area (Å²) in [5, 5.41) is 3.54. The fourth-order valence-electron chi connectivity index (χ4n) is 1.48. The van der Waals surface area contributed by atoms with Gasteiger partial charge in [0.2, 0.25) is 0 Å². The minimum atomic E-state index is -0.0926. The second kappa shape index (κ2) is 6.87. The Hall–Kier alpha value is -0.730. The summed E-state index contributed by atoms with van der Waals surface area (Å²) in [5.74, 6) is -0.0926. The summed E-state index contributed by atoms with van der Waals surface area (Å²) >= 11 is 11.8. The highest BCUT2D eigenvalue weighted by molar-refractivity contribution is 6.31. The summed E-state index contributed by atoms with van der Waals surface area (Å²) in [7, 11) is 0. The van der Waals surface area contributed by atoms with E-state index in [9.17, 15) is 4.79 Å². The van der Waals surface area contributed by atoms with E-state index >= 15 is 0 Å². The monoisotopic (exact) mass is 273 g/mol. The smallest absolute Gasteiger partial charge is 0.251 e. The number of halogens is 2. The van der Waals surface area contributed by atoms with Crippen molar-refractivity contribution in [2.75, 3.05) is 6.54 Å². The van der Waals surface area contributed by atoms with Crippen LogP contribution in [0.5, 0.6) is 0 Å². The number of nitrogens with one attached hydrogen (secondary N) is 1. The van der Waals surface area contributed by atoms with Gasteiger partial charge in [0.1, 0.15) is 0 Å². The molecule has 17 heavy (non-hydrogen) atoms. The van der Waals surface area contributed by atoms with Gasteiger partial charge in [-0.3, -0.25) is 4.79 Å². The van der Waals surface area contributed by atoms with Gasteiger partial charge in [-0.05, 0) is 37.5 Å². The van der Waals surface area contributed by atoms with Crippen LogP contribution in [0.25, 0.3) is 0 Å². The number of amides is 1. The van der Waals surface area contributed by atoms with E-state index in [2.05, 4.69) is 5.32 Å². The first-order valence-electron chi connectivity index (χ1n) is 5.73. The van der Waals surface area contributed by atoms with Gasteiger partial charge in [0.05, 0.1) is 0 Å². The number of carbonyl (C=O) groups is 1. The van der Waals surface area contributed by atoms with Crippen molar-refractivity contribution < 1.29 is 4.79 Å². The zero-order valence-electron chi connectivity index (χ0n) is 10.1. The maximum absolute atomic E-state index is 11.9. The summed E-state index contributed by atoms with van der Waals surface area (Å²) < 4.78 is 0. The number of benzene rings is 1. The van der Waals surface area contributed by atoms with Gasteiger partial charge < -0.3 is 5.32 Å². The van der Waals surface area contributed by atoms with Crippen LogP contribution in [0.3, 0.4) is 0 Å². The lowest BCUT2D eigenvalue weighted by molar-refractivity contribution is 0.0952. The van der Waals surface area contributed by atoms with E-state index < -0.39 is 0 Å². The molecule has 0 bridgehead atoms. The first kappa shape index (κ1) is 14.3. The molecule has 4 heteroatoms. The van der Waals surface area contributed by atoms with E-state index in [1.165, 1.54) is 0 Å². The number of rotatable bonds is 5. The van der Waals surface area contributed by atoms with Crippen LogP contribution in [0.4, 0.5) is 0 Å². The standard InChI is InChI=1S/C13H17Cl2NO/c1-3-10(14)6-7-16-13(17)12-8-11(15)5-4-9(12)2/h4-5,8,10H,3,6-7H2,1-2H3,(H,16,17). The highest BCUT2D eigenvalue weighted by atomic mass is 35.5. The molecule has 1 rings (SSSR count). The lowest BCUT2D eigenvalue weighted by atomic mass is 10.1. The maximum atomic E-state index is 11.9. The first-order valence-corrected chi connectivity index (χ1v) is 6.54. The Morgan fingerprint density at radius 2 is 2.18 bits per heavy atom. The first-order chi connectivity index (χ1) is 8.04. The molecule has 1 aromatic carbocycles. The zero-order valence-corrected chi connectivity index (χ0v) is 11.6. The lowest BCUT2D eigenvalue weighted by Crippen LogP contribution is -2.26. The van der Waals surface area contributed by atoms with E-state index in [-0.39, 0.29) is 11.3 Å². The number of hydrogen-bond donors (Lipinski definition) is 1. The molecule has 0 aliphatic heterocycles. The second-order valence-corrected chi connectivity index (χ2v) is 5.06.